The minimum absolute atomic E-state index is 0.0609. The van der Waals surface area contributed by atoms with Gasteiger partial charge >= 0.3 is 0 Å². The SMILES string of the molecule is CCCNC(C1=CCCO1)C(C)(C)N(C)C. The van der Waals surface area contributed by atoms with E-state index in [9.17, 15) is 0 Å². The van der Waals surface area contributed by atoms with Crippen molar-refractivity contribution in [1.29, 1.82) is 0 Å². The lowest BCUT2D eigenvalue weighted by Crippen LogP contribution is -2.56. The summed E-state index contributed by atoms with van der Waals surface area (Å²) in [4.78, 5) is 2.25. The summed E-state index contributed by atoms with van der Waals surface area (Å²) >= 11 is 0. The highest BCUT2D eigenvalue weighted by Gasteiger charge is 2.35. The van der Waals surface area contributed by atoms with Gasteiger partial charge in [0.1, 0.15) is 5.76 Å². The fourth-order valence-electron chi connectivity index (χ4n) is 1.88. The van der Waals surface area contributed by atoms with E-state index in [0.717, 1.165) is 31.8 Å². The van der Waals surface area contributed by atoms with Gasteiger partial charge < -0.3 is 15.0 Å². The third-order valence-electron chi connectivity index (χ3n) is 3.47. The molecule has 0 aliphatic carbocycles. The van der Waals surface area contributed by atoms with Crippen LogP contribution in [0.15, 0.2) is 11.8 Å². The van der Waals surface area contributed by atoms with Crippen LogP contribution in [0.5, 0.6) is 0 Å². The third-order valence-corrected chi connectivity index (χ3v) is 3.47. The molecule has 0 fully saturated rings. The van der Waals surface area contributed by atoms with Crippen molar-refractivity contribution >= 4 is 0 Å². The van der Waals surface area contributed by atoms with E-state index in [1.165, 1.54) is 0 Å². The molecule has 3 heteroatoms. The Morgan fingerprint density at radius 3 is 2.62 bits per heavy atom. The first-order chi connectivity index (χ1) is 7.50. The summed E-state index contributed by atoms with van der Waals surface area (Å²) in [6.07, 6.45) is 4.41. The van der Waals surface area contributed by atoms with Crippen LogP contribution in [-0.2, 0) is 4.74 Å². The van der Waals surface area contributed by atoms with Crippen LogP contribution in [0.2, 0.25) is 0 Å². The van der Waals surface area contributed by atoms with Crippen LogP contribution in [0.1, 0.15) is 33.6 Å². The van der Waals surface area contributed by atoms with E-state index in [2.05, 4.69) is 51.2 Å². The van der Waals surface area contributed by atoms with E-state index in [4.69, 9.17) is 4.74 Å². The zero-order valence-corrected chi connectivity index (χ0v) is 11.3. The fourth-order valence-corrected chi connectivity index (χ4v) is 1.88. The monoisotopic (exact) mass is 226 g/mol. The van der Waals surface area contributed by atoms with Crippen LogP contribution >= 0.6 is 0 Å². The van der Waals surface area contributed by atoms with Crippen LogP contribution in [0.3, 0.4) is 0 Å². The van der Waals surface area contributed by atoms with Crippen molar-refractivity contribution in [2.24, 2.45) is 0 Å². The smallest absolute Gasteiger partial charge is 0.111 e. The van der Waals surface area contributed by atoms with Crippen molar-refractivity contribution in [2.75, 3.05) is 27.2 Å². The van der Waals surface area contributed by atoms with Crippen molar-refractivity contribution in [1.82, 2.24) is 10.2 Å². The maximum Gasteiger partial charge on any atom is 0.111 e. The zero-order valence-electron chi connectivity index (χ0n) is 11.3. The topological polar surface area (TPSA) is 24.5 Å². The minimum Gasteiger partial charge on any atom is -0.496 e. The minimum atomic E-state index is 0.0609. The lowest BCUT2D eigenvalue weighted by Gasteiger charge is -2.40. The molecule has 0 amide bonds. The molecule has 0 spiro atoms. The van der Waals surface area contributed by atoms with Gasteiger partial charge in [-0.1, -0.05) is 6.92 Å². The van der Waals surface area contributed by atoms with Gasteiger partial charge in [0.05, 0.1) is 12.6 Å². The second-order valence-corrected chi connectivity index (χ2v) is 5.18. The van der Waals surface area contributed by atoms with E-state index < -0.39 is 0 Å². The van der Waals surface area contributed by atoms with E-state index in [-0.39, 0.29) is 11.6 Å². The lowest BCUT2D eigenvalue weighted by atomic mass is 9.91. The van der Waals surface area contributed by atoms with Crippen molar-refractivity contribution in [2.45, 2.75) is 45.2 Å². The fraction of sp³-hybridized carbons (Fsp3) is 0.846. The van der Waals surface area contributed by atoms with Crippen molar-refractivity contribution in [3.8, 4) is 0 Å². The molecular formula is C13H26N2O. The molecule has 1 rings (SSSR count). The van der Waals surface area contributed by atoms with Crippen LogP contribution in [0.25, 0.3) is 0 Å². The highest BCUT2D eigenvalue weighted by atomic mass is 16.5. The molecule has 1 aliphatic rings. The Morgan fingerprint density at radius 2 is 2.19 bits per heavy atom. The molecule has 1 heterocycles. The summed E-state index contributed by atoms with van der Waals surface area (Å²) in [7, 11) is 4.24. The summed E-state index contributed by atoms with van der Waals surface area (Å²) < 4.78 is 5.72. The first-order valence-corrected chi connectivity index (χ1v) is 6.23. The number of hydrogen-bond acceptors (Lipinski definition) is 3. The molecule has 94 valence electrons. The average molecular weight is 226 g/mol. The first kappa shape index (κ1) is 13.5. The summed E-state index contributed by atoms with van der Waals surface area (Å²) in [5, 5.41) is 3.60. The van der Waals surface area contributed by atoms with E-state index in [1.54, 1.807) is 0 Å². The van der Waals surface area contributed by atoms with Gasteiger partial charge in [0, 0.05) is 12.0 Å². The molecule has 16 heavy (non-hydrogen) atoms. The standard InChI is InChI=1S/C13H26N2O/c1-6-9-14-12(11-8-7-10-16-11)13(2,3)15(4)5/h8,12,14H,6-7,9-10H2,1-5H3. The number of hydrogen-bond donors (Lipinski definition) is 1. The quantitative estimate of drug-likeness (QED) is 0.749. The van der Waals surface area contributed by atoms with Gasteiger partial charge in [-0.3, -0.25) is 0 Å². The number of rotatable bonds is 6. The Labute approximate surface area is 99.8 Å². The summed E-state index contributed by atoms with van der Waals surface area (Å²) in [6.45, 7) is 8.56. The Kier molecular flexibility index (Phi) is 4.81. The molecule has 0 saturated heterocycles. The molecule has 1 aliphatic heterocycles. The largest absolute Gasteiger partial charge is 0.496 e. The zero-order chi connectivity index (χ0) is 12.2. The third kappa shape index (κ3) is 2.98. The summed E-state index contributed by atoms with van der Waals surface area (Å²) in [5.41, 5.74) is 0.0609. The van der Waals surface area contributed by atoms with Crippen LogP contribution < -0.4 is 5.32 Å². The normalized spacial score (nSPS) is 18.5. The van der Waals surface area contributed by atoms with Crippen LogP contribution in [0, 0.1) is 0 Å². The molecule has 3 nitrogen and oxygen atoms in total. The predicted octanol–water partition coefficient (Wildman–Crippen LogP) is 2.00. The molecular weight excluding hydrogens is 200 g/mol. The molecule has 0 aromatic rings. The van der Waals surface area contributed by atoms with E-state index >= 15 is 0 Å². The molecule has 0 saturated carbocycles. The predicted molar refractivity (Wildman–Crippen MR) is 68.5 cm³/mol. The Balaban J connectivity index is 2.77. The second-order valence-electron chi connectivity index (χ2n) is 5.18. The molecule has 0 aromatic heterocycles. The molecule has 0 bridgehead atoms. The van der Waals surface area contributed by atoms with Gasteiger partial charge in [0.25, 0.3) is 0 Å². The number of nitrogens with zero attached hydrogens (tertiary/aromatic N) is 1. The van der Waals surface area contributed by atoms with Gasteiger partial charge in [0.15, 0.2) is 0 Å². The molecule has 0 aromatic carbocycles. The number of nitrogens with one attached hydrogen (secondary N) is 1. The van der Waals surface area contributed by atoms with Crippen LogP contribution in [0.4, 0.5) is 0 Å². The van der Waals surface area contributed by atoms with Crippen molar-refractivity contribution < 1.29 is 4.74 Å². The Morgan fingerprint density at radius 1 is 1.50 bits per heavy atom. The van der Waals surface area contributed by atoms with Gasteiger partial charge in [-0.2, -0.15) is 0 Å². The average Bonchev–Trinajstić information content (AvgIpc) is 2.71. The Bertz CT molecular complexity index is 246. The molecule has 1 atom stereocenters. The first-order valence-electron chi connectivity index (χ1n) is 6.23. The number of likely N-dealkylation sites (N-methyl/N-ethyl adjacent to an activating group) is 1. The van der Waals surface area contributed by atoms with E-state index in [1.807, 2.05) is 0 Å². The van der Waals surface area contributed by atoms with Gasteiger partial charge in [-0.15, -0.1) is 0 Å². The number of ether oxygens (including phenoxy) is 1. The van der Waals surface area contributed by atoms with Gasteiger partial charge in [-0.05, 0) is 47.0 Å². The Hall–Kier alpha value is -0.540. The molecule has 1 unspecified atom stereocenters. The highest BCUT2D eigenvalue weighted by Crippen LogP contribution is 2.25. The van der Waals surface area contributed by atoms with Gasteiger partial charge in [-0.25, -0.2) is 0 Å². The maximum absolute atomic E-state index is 5.72. The lowest BCUT2D eigenvalue weighted by molar-refractivity contribution is 0.110. The van der Waals surface area contributed by atoms with E-state index in [0.29, 0.717) is 0 Å². The molecule has 0 radical (unpaired) electrons. The van der Waals surface area contributed by atoms with Crippen LogP contribution in [-0.4, -0.2) is 43.7 Å². The molecule has 1 N–H and O–H groups in total. The summed E-state index contributed by atoms with van der Waals surface area (Å²) in [5.74, 6) is 1.12. The highest BCUT2D eigenvalue weighted by molar-refractivity contribution is 5.14. The maximum atomic E-state index is 5.72. The van der Waals surface area contributed by atoms with Gasteiger partial charge in [0.2, 0.25) is 0 Å². The second kappa shape index (κ2) is 5.69. The van der Waals surface area contributed by atoms with Crippen molar-refractivity contribution in [3.05, 3.63) is 11.8 Å². The summed E-state index contributed by atoms with van der Waals surface area (Å²) in [6, 6.07) is 0.282. The van der Waals surface area contributed by atoms with Crippen molar-refractivity contribution in [3.63, 3.8) is 0 Å².